The highest BCUT2D eigenvalue weighted by atomic mass is 79.9. The number of hydrazine groups is 1. The second-order valence-corrected chi connectivity index (χ2v) is 7.77. The van der Waals surface area contributed by atoms with Gasteiger partial charge in [-0.3, -0.25) is 20.4 Å². The fraction of sp³-hybridized carbons (Fsp3) is 0.333. The molecule has 0 aromatic heterocycles. The summed E-state index contributed by atoms with van der Waals surface area (Å²) in [5, 5.41) is 0. The number of amides is 2. The summed E-state index contributed by atoms with van der Waals surface area (Å²) in [5.41, 5.74) is 7.56. The van der Waals surface area contributed by atoms with Gasteiger partial charge in [0.05, 0.1) is 4.47 Å². The third-order valence-electron chi connectivity index (χ3n) is 4.14. The highest BCUT2D eigenvalue weighted by Crippen LogP contribution is 2.28. The molecule has 27 heavy (non-hydrogen) atoms. The van der Waals surface area contributed by atoms with Gasteiger partial charge in [0.1, 0.15) is 5.75 Å². The lowest BCUT2D eigenvalue weighted by Crippen LogP contribution is -2.43. The molecule has 2 amide bonds. The van der Waals surface area contributed by atoms with E-state index in [-0.39, 0.29) is 12.5 Å². The van der Waals surface area contributed by atoms with Crippen LogP contribution in [0.15, 0.2) is 46.9 Å². The Morgan fingerprint density at radius 2 is 1.52 bits per heavy atom. The summed E-state index contributed by atoms with van der Waals surface area (Å²) in [5.74, 6) is 0.560. The predicted molar refractivity (Wildman–Crippen MR) is 110 cm³/mol. The second-order valence-electron chi connectivity index (χ2n) is 6.91. The van der Waals surface area contributed by atoms with Crippen LogP contribution in [0, 0.1) is 0 Å². The highest BCUT2D eigenvalue weighted by molar-refractivity contribution is 9.10. The summed E-state index contributed by atoms with van der Waals surface area (Å²) in [6.07, 6.45) is 0. The molecule has 6 heteroatoms. The van der Waals surface area contributed by atoms with Crippen LogP contribution in [-0.4, -0.2) is 18.4 Å². The van der Waals surface area contributed by atoms with Gasteiger partial charge in [-0.05, 0) is 63.2 Å². The second kappa shape index (κ2) is 9.55. The van der Waals surface area contributed by atoms with Gasteiger partial charge in [0, 0.05) is 5.56 Å². The topological polar surface area (TPSA) is 67.4 Å². The molecule has 0 aliphatic carbocycles. The number of carbonyl (C=O) groups excluding carboxylic acids is 2. The Kier molecular flexibility index (Phi) is 7.42. The summed E-state index contributed by atoms with van der Waals surface area (Å²) in [7, 11) is 0. The number of nitrogens with one attached hydrogen (secondary N) is 2. The van der Waals surface area contributed by atoms with Crippen molar-refractivity contribution in [3.63, 3.8) is 0 Å². The molecule has 2 rings (SSSR count). The van der Waals surface area contributed by atoms with Crippen molar-refractivity contribution >= 4 is 27.7 Å². The van der Waals surface area contributed by atoms with Gasteiger partial charge in [-0.25, -0.2) is 0 Å². The predicted octanol–water partition coefficient (Wildman–Crippen LogP) is 4.54. The Bertz CT molecular complexity index is 802. The third-order valence-corrected chi connectivity index (χ3v) is 4.76. The summed E-state index contributed by atoms with van der Waals surface area (Å²) < 4.78 is 6.29. The van der Waals surface area contributed by atoms with Crippen molar-refractivity contribution in [3.8, 4) is 5.75 Å². The number of ether oxygens (including phenoxy) is 1. The molecule has 2 aromatic rings. The van der Waals surface area contributed by atoms with Gasteiger partial charge in [0.25, 0.3) is 11.8 Å². The average molecular weight is 433 g/mol. The fourth-order valence-electron chi connectivity index (χ4n) is 2.39. The van der Waals surface area contributed by atoms with Crippen LogP contribution in [0.4, 0.5) is 0 Å². The molecule has 0 aliphatic rings. The van der Waals surface area contributed by atoms with Crippen molar-refractivity contribution in [3.05, 3.63) is 63.6 Å². The highest BCUT2D eigenvalue weighted by Gasteiger charge is 2.10. The Hall–Kier alpha value is -2.34. The van der Waals surface area contributed by atoms with E-state index in [9.17, 15) is 9.59 Å². The van der Waals surface area contributed by atoms with E-state index in [4.69, 9.17) is 4.74 Å². The average Bonchev–Trinajstić information content (AvgIpc) is 2.64. The van der Waals surface area contributed by atoms with Crippen LogP contribution >= 0.6 is 15.9 Å². The van der Waals surface area contributed by atoms with E-state index >= 15 is 0 Å². The monoisotopic (exact) mass is 432 g/mol. The first-order valence-corrected chi connectivity index (χ1v) is 9.68. The molecule has 0 radical (unpaired) electrons. The lowest BCUT2D eigenvalue weighted by atomic mass is 10.0. The normalized spacial score (nSPS) is 10.8. The Morgan fingerprint density at radius 1 is 0.926 bits per heavy atom. The summed E-state index contributed by atoms with van der Waals surface area (Å²) >= 11 is 3.45. The Balaban J connectivity index is 1.83. The number of hydrogen-bond donors (Lipinski definition) is 2. The molecular formula is C21H25BrN2O3. The largest absolute Gasteiger partial charge is 0.483 e. The molecule has 2 aromatic carbocycles. The molecule has 0 fully saturated rings. The van der Waals surface area contributed by atoms with Crippen molar-refractivity contribution in [1.82, 2.24) is 10.9 Å². The third kappa shape index (κ3) is 6.10. The molecule has 0 spiro atoms. The van der Waals surface area contributed by atoms with Crippen molar-refractivity contribution in [1.29, 1.82) is 0 Å². The Morgan fingerprint density at radius 3 is 2.07 bits per heavy atom. The van der Waals surface area contributed by atoms with E-state index in [1.54, 1.807) is 12.1 Å². The van der Waals surface area contributed by atoms with Crippen LogP contribution in [-0.2, 0) is 4.79 Å². The molecular weight excluding hydrogens is 408 g/mol. The molecule has 0 heterocycles. The zero-order valence-electron chi connectivity index (χ0n) is 16.0. The summed E-state index contributed by atoms with van der Waals surface area (Å²) in [6.45, 7) is 8.18. The maximum absolute atomic E-state index is 12.1. The van der Waals surface area contributed by atoms with Crippen LogP contribution < -0.4 is 15.6 Å². The first kappa shape index (κ1) is 21.0. The maximum Gasteiger partial charge on any atom is 0.276 e. The van der Waals surface area contributed by atoms with Crippen LogP contribution in [0.25, 0.3) is 0 Å². The quantitative estimate of drug-likeness (QED) is 0.658. The first-order valence-electron chi connectivity index (χ1n) is 8.89. The molecule has 0 saturated carbocycles. The van der Waals surface area contributed by atoms with Gasteiger partial charge in [-0.1, -0.05) is 45.9 Å². The van der Waals surface area contributed by atoms with E-state index in [0.717, 1.165) is 10.0 Å². The molecule has 144 valence electrons. The molecule has 0 atom stereocenters. The maximum atomic E-state index is 12.1. The van der Waals surface area contributed by atoms with Crippen LogP contribution in [0.2, 0.25) is 0 Å². The zero-order valence-corrected chi connectivity index (χ0v) is 17.6. The van der Waals surface area contributed by atoms with Gasteiger partial charge in [0.2, 0.25) is 0 Å². The van der Waals surface area contributed by atoms with Crippen LogP contribution in [0.3, 0.4) is 0 Å². The summed E-state index contributed by atoms with van der Waals surface area (Å²) in [4.78, 5) is 24.0. The standard InChI is InChI=1S/C21H25BrN2O3/c1-13(2)15-5-7-16(8-6-15)21(26)24-23-20(25)12-27-19-10-9-17(14(3)4)11-18(19)22/h5-11,13-14H,12H2,1-4H3,(H,23,25)(H,24,26). The molecule has 5 nitrogen and oxygen atoms in total. The number of carbonyl (C=O) groups is 2. The minimum atomic E-state index is -0.443. The molecule has 2 N–H and O–H groups in total. The molecule has 0 aliphatic heterocycles. The van der Waals surface area contributed by atoms with Crippen molar-refractivity contribution in [2.24, 2.45) is 0 Å². The van der Waals surface area contributed by atoms with Gasteiger partial charge >= 0.3 is 0 Å². The van der Waals surface area contributed by atoms with Crippen LogP contribution in [0.5, 0.6) is 5.75 Å². The number of benzene rings is 2. The summed E-state index contributed by atoms with van der Waals surface area (Å²) in [6, 6.07) is 13.0. The number of rotatable bonds is 6. The Labute approximate surface area is 168 Å². The van der Waals surface area contributed by atoms with Gasteiger partial charge in [0.15, 0.2) is 6.61 Å². The van der Waals surface area contributed by atoms with E-state index in [1.165, 1.54) is 5.56 Å². The molecule has 0 bridgehead atoms. The van der Waals surface area contributed by atoms with E-state index < -0.39 is 5.91 Å². The molecule has 0 saturated heterocycles. The minimum absolute atomic E-state index is 0.202. The number of halogens is 1. The van der Waals surface area contributed by atoms with Crippen molar-refractivity contribution in [2.75, 3.05) is 6.61 Å². The van der Waals surface area contributed by atoms with Gasteiger partial charge in [-0.15, -0.1) is 0 Å². The van der Waals surface area contributed by atoms with Crippen molar-refractivity contribution < 1.29 is 14.3 Å². The SMILES string of the molecule is CC(C)c1ccc(C(=O)NNC(=O)COc2ccc(C(C)C)cc2Br)cc1. The fourth-order valence-corrected chi connectivity index (χ4v) is 2.90. The van der Waals surface area contributed by atoms with E-state index in [1.807, 2.05) is 30.3 Å². The zero-order chi connectivity index (χ0) is 20.0. The molecule has 0 unspecified atom stereocenters. The lowest BCUT2D eigenvalue weighted by molar-refractivity contribution is -0.123. The van der Waals surface area contributed by atoms with Gasteiger partial charge in [-0.2, -0.15) is 0 Å². The first-order chi connectivity index (χ1) is 12.8. The smallest absolute Gasteiger partial charge is 0.276 e. The van der Waals surface area contributed by atoms with Crippen molar-refractivity contribution in [2.45, 2.75) is 39.5 Å². The number of hydrogen-bond acceptors (Lipinski definition) is 3. The minimum Gasteiger partial charge on any atom is -0.483 e. The van der Waals surface area contributed by atoms with E-state index in [0.29, 0.717) is 23.1 Å². The lowest BCUT2D eigenvalue weighted by Gasteiger charge is -2.12. The van der Waals surface area contributed by atoms with Gasteiger partial charge < -0.3 is 4.74 Å². The van der Waals surface area contributed by atoms with E-state index in [2.05, 4.69) is 54.5 Å². The van der Waals surface area contributed by atoms with Crippen LogP contribution in [0.1, 0.15) is 61.0 Å².